The van der Waals surface area contributed by atoms with E-state index in [1.54, 1.807) is 0 Å². The van der Waals surface area contributed by atoms with E-state index in [2.05, 4.69) is 20.1 Å². The van der Waals surface area contributed by atoms with Gasteiger partial charge in [-0.1, -0.05) is 11.6 Å². The van der Waals surface area contributed by atoms with Crippen LogP contribution in [0.3, 0.4) is 0 Å². The van der Waals surface area contributed by atoms with Gasteiger partial charge in [-0.3, -0.25) is 4.79 Å². The summed E-state index contributed by atoms with van der Waals surface area (Å²) in [6, 6.07) is 3.82. The number of aromatic nitrogens is 3. The molecule has 3 N–H and O–H groups in total. The normalized spacial score (nSPS) is 11.2. The highest BCUT2D eigenvalue weighted by Gasteiger charge is 2.29. The summed E-state index contributed by atoms with van der Waals surface area (Å²) in [5.41, 5.74) is -0.438. The van der Waals surface area contributed by atoms with Crippen molar-refractivity contribution in [3.63, 3.8) is 0 Å². The second-order valence-corrected chi connectivity index (χ2v) is 5.48. The fourth-order valence-electron chi connectivity index (χ4n) is 1.75. The first kappa shape index (κ1) is 19.5. The van der Waals surface area contributed by atoms with E-state index in [1.165, 1.54) is 18.3 Å². The molecule has 2 aromatic heterocycles. The van der Waals surface area contributed by atoms with Gasteiger partial charge < -0.3 is 20.3 Å². The summed E-state index contributed by atoms with van der Waals surface area (Å²) in [6.07, 6.45) is 1.31. The molecule has 0 saturated heterocycles. The number of nitrogens with one attached hydrogen (secondary N) is 1. The molecular formula is C14H13ClF2N4O5. The molecule has 0 aliphatic carbocycles. The SMILES string of the molecule is O=C(Cn1nc(OCC(F)(F)CO)cc1C(=O)O)Nc1ccc(Cl)cn1. The summed E-state index contributed by atoms with van der Waals surface area (Å²) < 4.78 is 31.4. The number of aliphatic hydroxyl groups excluding tert-OH is 1. The minimum Gasteiger partial charge on any atom is -0.477 e. The summed E-state index contributed by atoms with van der Waals surface area (Å²) in [4.78, 5) is 27.0. The van der Waals surface area contributed by atoms with Crippen molar-refractivity contribution in [3.05, 3.63) is 35.1 Å². The number of aromatic carboxylic acids is 1. The van der Waals surface area contributed by atoms with Crippen LogP contribution < -0.4 is 10.1 Å². The number of halogens is 3. The van der Waals surface area contributed by atoms with Crippen LogP contribution >= 0.6 is 11.6 Å². The third kappa shape index (κ3) is 5.36. The maximum atomic E-state index is 13.0. The first-order valence-corrected chi connectivity index (χ1v) is 7.42. The molecule has 2 aromatic rings. The lowest BCUT2D eigenvalue weighted by Gasteiger charge is -2.12. The second-order valence-electron chi connectivity index (χ2n) is 5.04. The van der Waals surface area contributed by atoms with Gasteiger partial charge in [-0.25, -0.2) is 23.2 Å². The molecule has 26 heavy (non-hydrogen) atoms. The zero-order valence-corrected chi connectivity index (χ0v) is 13.8. The van der Waals surface area contributed by atoms with Crippen molar-refractivity contribution in [3.8, 4) is 5.88 Å². The van der Waals surface area contributed by atoms with Crippen LogP contribution in [0.4, 0.5) is 14.6 Å². The zero-order chi connectivity index (χ0) is 19.3. The molecule has 0 aliphatic rings. The van der Waals surface area contributed by atoms with Gasteiger partial charge in [0.1, 0.15) is 19.0 Å². The Hall–Kier alpha value is -2.79. The molecule has 9 nitrogen and oxygen atoms in total. The van der Waals surface area contributed by atoms with Crippen molar-refractivity contribution in [2.75, 3.05) is 18.5 Å². The third-order valence-electron chi connectivity index (χ3n) is 2.93. The fourth-order valence-corrected chi connectivity index (χ4v) is 1.86. The number of pyridine rings is 1. The number of alkyl halides is 2. The summed E-state index contributed by atoms with van der Waals surface area (Å²) in [5, 5.41) is 24.0. The Bertz CT molecular complexity index is 797. The highest BCUT2D eigenvalue weighted by Crippen LogP contribution is 2.18. The fraction of sp³-hybridized carbons (Fsp3) is 0.286. The van der Waals surface area contributed by atoms with Crippen molar-refractivity contribution in [2.24, 2.45) is 0 Å². The van der Waals surface area contributed by atoms with Gasteiger partial charge in [-0.15, -0.1) is 5.10 Å². The molecule has 0 aromatic carbocycles. The maximum Gasteiger partial charge on any atom is 0.354 e. The highest BCUT2D eigenvalue weighted by molar-refractivity contribution is 6.30. The van der Waals surface area contributed by atoms with Gasteiger partial charge in [0.05, 0.1) is 5.02 Å². The minimum absolute atomic E-state index is 0.183. The van der Waals surface area contributed by atoms with Crippen molar-refractivity contribution in [2.45, 2.75) is 12.5 Å². The van der Waals surface area contributed by atoms with Crippen molar-refractivity contribution in [1.82, 2.24) is 14.8 Å². The number of aliphatic hydroxyl groups is 1. The number of nitrogens with zero attached hydrogens (tertiary/aromatic N) is 3. The van der Waals surface area contributed by atoms with Crippen LogP contribution in [0.15, 0.2) is 24.4 Å². The van der Waals surface area contributed by atoms with Crippen LogP contribution in [0.2, 0.25) is 5.02 Å². The lowest BCUT2D eigenvalue weighted by atomic mass is 10.4. The maximum absolute atomic E-state index is 13.0. The Kier molecular flexibility index (Phi) is 6.05. The predicted octanol–water partition coefficient (Wildman–Crippen LogP) is 1.27. The lowest BCUT2D eigenvalue weighted by molar-refractivity contribution is -0.117. The summed E-state index contributed by atoms with van der Waals surface area (Å²) in [7, 11) is 0. The summed E-state index contributed by atoms with van der Waals surface area (Å²) in [5.74, 6) is -5.84. The van der Waals surface area contributed by atoms with Crippen LogP contribution in [0.5, 0.6) is 5.88 Å². The van der Waals surface area contributed by atoms with Crippen molar-refractivity contribution in [1.29, 1.82) is 0 Å². The molecule has 1 amide bonds. The standard InChI is InChI=1S/C14H13ClF2N4O5/c15-8-1-2-10(18-4-8)19-11(23)5-21-9(13(24)25)3-12(20-21)26-7-14(16,17)6-22/h1-4,22H,5-7H2,(H,24,25)(H,18,19,23). The second kappa shape index (κ2) is 8.06. The Morgan fingerprint density at radius 3 is 2.69 bits per heavy atom. The molecule has 140 valence electrons. The number of amides is 1. The number of hydrogen-bond acceptors (Lipinski definition) is 6. The molecule has 0 aliphatic heterocycles. The molecule has 2 rings (SSSR count). The highest BCUT2D eigenvalue weighted by atomic mass is 35.5. The van der Waals surface area contributed by atoms with E-state index < -0.39 is 49.1 Å². The van der Waals surface area contributed by atoms with Crippen molar-refractivity contribution >= 4 is 29.3 Å². The molecule has 12 heteroatoms. The molecule has 0 bridgehead atoms. The first-order valence-electron chi connectivity index (χ1n) is 7.04. The van der Waals surface area contributed by atoms with E-state index in [0.717, 1.165) is 10.7 Å². The molecule has 0 fully saturated rings. The molecule has 0 radical (unpaired) electrons. The Balaban J connectivity index is 2.08. The average Bonchev–Trinajstić information content (AvgIpc) is 2.98. The average molecular weight is 391 g/mol. The van der Waals surface area contributed by atoms with E-state index in [0.29, 0.717) is 5.02 Å². The number of hydrogen-bond donors (Lipinski definition) is 3. The van der Waals surface area contributed by atoms with Gasteiger partial charge in [0, 0.05) is 12.3 Å². The number of carbonyl (C=O) groups is 2. The quantitative estimate of drug-likeness (QED) is 0.619. The summed E-state index contributed by atoms with van der Waals surface area (Å²) >= 11 is 5.67. The Labute approximate surface area is 150 Å². The largest absolute Gasteiger partial charge is 0.477 e. The van der Waals surface area contributed by atoms with Crippen molar-refractivity contribution < 1.29 is 33.3 Å². The number of carbonyl (C=O) groups excluding carboxylic acids is 1. The molecule has 0 unspecified atom stereocenters. The third-order valence-corrected chi connectivity index (χ3v) is 3.15. The molecule has 0 spiro atoms. The first-order chi connectivity index (χ1) is 12.2. The monoisotopic (exact) mass is 390 g/mol. The molecule has 0 saturated carbocycles. The van der Waals surface area contributed by atoms with Gasteiger partial charge in [-0.2, -0.15) is 0 Å². The number of rotatable bonds is 8. The van der Waals surface area contributed by atoms with Gasteiger partial charge in [-0.05, 0) is 12.1 Å². The van der Waals surface area contributed by atoms with Crippen LogP contribution in [0, 0.1) is 0 Å². The number of ether oxygens (including phenoxy) is 1. The number of carboxylic acids is 1. The topological polar surface area (TPSA) is 127 Å². The van der Waals surface area contributed by atoms with E-state index in [-0.39, 0.29) is 5.82 Å². The van der Waals surface area contributed by atoms with Gasteiger partial charge in [0.25, 0.3) is 0 Å². The molecule has 0 atom stereocenters. The van der Waals surface area contributed by atoms with Gasteiger partial charge >= 0.3 is 11.9 Å². The Morgan fingerprint density at radius 1 is 1.38 bits per heavy atom. The van der Waals surface area contributed by atoms with E-state index >= 15 is 0 Å². The van der Waals surface area contributed by atoms with Crippen LogP contribution in [-0.4, -0.2) is 56.0 Å². The smallest absolute Gasteiger partial charge is 0.354 e. The summed E-state index contributed by atoms with van der Waals surface area (Å²) in [6.45, 7) is -3.15. The zero-order valence-electron chi connectivity index (χ0n) is 13.0. The van der Waals surface area contributed by atoms with Crippen LogP contribution in [0.1, 0.15) is 10.5 Å². The minimum atomic E-state index is -3.51. The predicted molar refractivity (Wildman–Crippen MR) is 84.6 cm³/mol. The van der Waals surface area contributed by atoms with E-state index in [4.69, 9.17) is 21.8 Å². The van der Waals surface area contributed by atoms with E-state index in [9.17, 15) is 18.4 Å². The Morgan fingerprint density at radius 2 is 2.12 bits per heavy atom. The van der Waals surface area contributed by atoms with Crippen LogP contribution in [0.25, 0.3) is 0 Å². The van der Waals surface area contributed by atoms with Gasteiger partial charge in [0.2, 0.25) is 11.8 Å². The molecule has 2 heterocycles. The lowest BCUT2D eigenvalue weighted by Crippen LogP contribution is -2.29. The molecular weight excluding hydrogens is 378 g/mol. The van der Waals surface area contributed by atoms with Crippen LogP contribution in [-0.2, 0) is 11.3 Å². The number of carboxylic acid groups (broad SMARTS) is 1. The van der Waals surface area contributed by atoms with E-state index in [1.807, 2.05) is 0 Å². The number of anilines is 1. The van der Waals surface area contributed by atoms with Gasteiger partial charge in [0.15, 0.2) is 12.3 Å².